The van der Waals surface area contributed by atoms with Crippen LogP contribution < -0.4 is 0 Å². The Kier molecular flexibility index (Phi) is 2.08. The molecule has 1 aliphatic heterocycles. The number of allylic oxidation sites excluding steroid dienone is 1. The monoisotopic (exact) mass is 214 g/mol. The van der Waals surface area contributed by atoms with Crippen molar-refractivity contribution in [3.8, 4) is 0 Å². The molecule has 0 spiro atoms. The summed E-state index contributed by atoms with van der Waals surface area (Å²) in [6.45, 7) is 8.15. The molecule has 2 atom stereocenters. The number of hydrogen-bond acceptors (Lipinski definition) is 2. The lowest BCUT2D eigenvalue weighted by molar-refractivity contribution is 0.237. The van der Waals surface area contributed by atoms with Gasteiger partial charge in [0, 0.05) is 0 Å². The third-order valence-electron chi connectivity index (χ3n) is 3.78. The number of fused-ring (bicyclic) bond motifs is 1. The van der Waals surface area contributed by atoms with Gasteiger partial charge in [-0.1, -0.05) is 26.0 Å². The number of rotatable bonds is 0. The second-order valence-electron chi connectivity index (χ2n) is 5.43. The molecule has 2 fully saturated rings. The van der Waals surface area contributed by atoms with Crippen molar-refractivity contribution in [1.29, 1.82) is 0 Å². The average Bonchev–Trinajstić information content (AvgIpc) is 2.17. The van der Waals surface area contributed by atoms with Gasteiger partial charge in [0.15, 0.2) is 9.84 Å². The first-order valence-corrected chi connectivity index (χ1v) is 6.93. The second-order valence-corrected chi connectivity index (χ2v) is 7.65. The van der Waals surface area contributed by atoms with Crippen molar-refractivity contribution in [2.75, 3.05) is 5.75 Å². The van der Waals surface area contributed by atoms with Gasteiger partial charge in [-0.15, -0.1) is 0 Å². The van der Waals surface area contributed by atoms with Gasteiger partial charge < -0.3 is 0 Å². The quantitative estimate of drug-likeness (QED) is 0.579. The fourth-order valence-corrected chi connectivity index (χ4v) is 5.94. The zero-order chi connectivity index (χ0) is 10.6. The van der Waals surface area contributed by atoms with Gasteiger partial charge in [-0.2, -0.15) is 0 Å². The lowest BCUT2D eigenvalue weighted by atomic mass is 9.71. The van der Waals surface area contributed by atoms with E-state index in [1.54, 1.807) is 0 Å². The molecular weight excluding hydrogens is 196 g/mol. The highest BCUT2D eigenvalue weighted by Gasteiger charge is 2.52. The van der Waals surface area contributed by atoms with E-state index in [1.807, 2.05) is 0 Å². The molecule has 1 saturated heterocycles. The third kappa shape index (κ3) is 1.42. The standard InChI is InChI=1S/C11H18O2S/c1-8-4-5-10-9(6-8)11(2,3)7-14(10,12)13/h9-10H,1,4-7H2,2-3H3. The molecule has 0 amide bonds. The van der Waals surface area contributed by atoms with Crippen LogP contribution in [0.3, 0.4) is 0 Å². The summed E-state index contributed by atoms with van der Waals surface area (Å²) in [4.78, 5) is 0. The number of sulfone groups is 1. The van der Waals surface area contributed by atoms with Crippen LogP contribution >= 0.6 is 0 Å². The summed E-state index contributed by atoms with van der Waals surface area (Å²) >= 11 is 0. The predicted octanol–water partition coefficient (Wildman–Crippen LogP) is 2.17. The highest BCUT2D eigenvalue weighted by Crippen LogP contribution is 2.49. The molecule has 1 saturated carbocycles. The summed E-state index contributed by atoms with van der Waals surface area (Å²) in [5.74, 6) is 0.677. The van der Waals surface area contributed by atoms with Gasteiger partial charge in [0.2, 0.25) is 0 Å². The van der Waals surface area contributed by atoms with Gasteiger partial charge in [-0.05, 0) is 30.6 Å². The molecule has 2 nitrogen and oxygen atoms in total. The largest absolute Gasteiger partial charge is 0.229 e. The minimum absolute atomic E-state index is 0.0488. The average molecular weight is 214 g/mol. The summed E-state index contributed by atoms with van der Waals surface area (Å²) in [7, 11) is -2.82. The van der Waals surface area contributed by atoms with Crippen molar-refractivity contribution in [2.45, 2.75) is 38.4 Å². The zero-order valence-corrected chi connectivity index (χ0v) is 9.73. The van der Waals surface area contributed by atoms with E-state index in [2.05, 4.69) is 20.4 Å². The van der Waals surface area contributed by atoms with Crippen LogP contribution in [0.4, 0.5) is 0 Å². The van der Waals surface area contributed by atoms with Crippen LogP contribution in [0, 0.1) is 11.3 Å². The summed E-state index contributed by atoms with van der Waals surface area (Å²) in [6.07, 6.45) is 2.61. The van der Waals surface area contributed by atoms with Gasteiger partial charge in [-0.25, -0.2) is 8.42 Å². The molecule has 0 bridgehead atoms. The smallest absolute Gasteiger partial charge is 0.154 e. The molecule has 0 radical (unpaired) electrons. The van der Waals surface area contributed by atoms with Crippen LogP contribution in [0.1, 0.15) is 33.1 Å². The van der Waals surface area contributed by atoms with Gasteiger partial charge in [0.25, 0.3) is 0 Å². The van der Waals surface area contributed by atoms with E-state index in [0.717, 1.165) is 19.3 Å². The zero-order valence-electron chi connectivity index (χ0n) is 8.91. The first-order valence-electron chi connectivity index (χ1n) is 5.21. The van der Waals surface area contributed by atoms with E-state index >= 15 is 0 Å². The lowest BCUT2D eigenvalue weighted by Gasteiger charge is -2.33. The molecule has 2 aliphatic rings. The molecule has 1 aliphatic carbocycles. The molecule has 2 unspecified atom stereocenters. The van der Waals surface area contributed by atoms with Crippen molar-refractivity contribution in [2.24, 2.45) is 11.3 Å². The lowest BCUT2D eigenvalue weighted by Crippen LogP contribution is -2.31. The van der Waals surface area contributed by atoms with Gasteiger partial charge >= 0.3 is 0 Å². The minimum atomic E-state index is -2.82. The molecule has 2 rings (SSSR count). The van der Waals surface area contributed by atoms with Crippen LogP contribution in [0.5, 0.6) is 0 Å². The van der Waals surface area contributed by atoms with Crippen LogP contribution in [0.2, 0.25) is 0 Å². The van der Waals surface area contributed by atoms with Crippen molar-refractivity contribution in [3.63, 3.8) is 0 Å². The summed E-state index contributed by atoms with van der Waals surface area (Å²) in [5.41, 5.74) is 1.18. The maximum atomic E-state index is 11.9. The van der Waals surface area contributed by atoms with E-state index in [0.29, 0.717) is 11.7 Å². The minimum Gasteiger partial charge on any atom is -0.229 e. The highest BCUT2D eigenvalue weighted by molar-refractivity contribution is 7.92. The molecule has 14 heavy (non-hydrogen) atoms. The van der Waals surface area contributed by atoms with Crippen molar-refractivity contribution < 1.29 is 8.42 Å². The maximum absolute atomic E-state index is 11.9. The van der Waals surface area contributed by atoms with Crippen LogP contribution in [-0.4, -0.2) is 19.4 Å². The Morgan fingerprint density at radius 3 is 2.71 bits per heavy atom. The topological polar surface area (TPSA) is 34.1 Å². The Labute approximate surface area is 86.3 Å². The Morgan fingerprint density at radius 2 is 2.07 bits per heavy atom. The molecule has 0 aromatic heterocycles. The molecule has 1 heterocycles. The normalized spacial score (nSPS) is 39.4. The van der Waals surface area contributed by atoms with Crippen LogP contribution in [0.25, 0.3) is 0 Å². The second kappa shape index (κ2) is 2.84. The highest BCUT2D eigenvalue weighted by atomic mass is 32.2. The third-order valence-corrected chi connectivity index (χ3v) is 6.41. The van der Waals surface area contributed by atoms with E-state index < -0.39 is 9.84 Å². The first-order chi connectivity index (χ1) is 6.33. The van der Waals surface area contributed by atoms with Crippen LogP contribution in [0.15, 0.2) is 12.2 Å². The SMILES string of the molecule is C=C1CCC2C(C1)C(C)(C)CS2(=O)=O. The van der Waals surface area contributed by atoms with Crippen molar-refractivity contribution in [3.05, 3.63) is 12.2 Å². The first kappa shape index (κ1) is 10.2. The van der Waals surface area contributed by atoms with E-state index in [1.165, 1.54) is 5.57 Å². The summed E-state index contributed by atoms with van der Waals surface area (Å²) < 4.78 is 23.8. The fraction of sp³-hybridized carbons (Fsp3) is 0.818. The van der Waals surface area contributed by atoms with Crippen molar-refractivity contribution >= 4 is 9.84 Å². The van der Waals surface area contributed by atoms with Gasteiger partial charge in [0.05, 0.1) is 11.0 Å². The molecule has 3 heteroatoms. The van der Waals surface area contributed by atoms with E-state index in [9.17, 15) is 8.42 Å². The molecule has 80 valence electrons. The molecule has 0 aromatic carbocycles. The Bertz CT molecular complexity index is 365. The number of hydrogen-bond donors (Lipinski definition) is 0. The van der Waals surface area contributed by atoms with Crippen LogP contribution in [-0.2, 0) is 9.84 Å². The molecule has 0 N–H and O–H groups in total. The van der Waals surface area contributed by atoms with Crippen molar-refractivity contribution in [1.82, 2.24) is 0 Å². The van der Waals surface area contributed by atoms with Gasteiger partial charge in [0.1, 0.15) is 0 Å². The van der Waals surface area contributed by atoms with Gasteiger partial charge in [-0.3, -0.25) is 0 Å². The molecule has 0 aromatic rings. The summed E-state index contributed by atoms with van der Waals surface area (Å²) in [6, 6.07) is 0. The Balaban J connectivity index is 2.38. The fourth-order valence-electron chi connectivity index (χ4n) is 3.03. The summed E-state index contributed by atoms with van der Waals surface area (Å²) in [5, 5.41) is -0.0806. The molecular formula is C11H18O2S. The Morgan fingerprint density at radius 1 is 1.43 bits per heavy atom. The maximum Gasteiger partial charge on any atom is 0.154 e. The van der Waals surface area contributed by atoms with E-state index in [4.69, 9.17) is 0 Å². The van der Waals surface area contributed by atoms with E-state index in [-0.39, 0.29) is 10.7 Å². The Hall–Kier alpha value is -0.310. The predicted molar refractivity (Wildman–Crippen MR) is 57.8 cm³/mol.